The number of halogens is 2. The number of hydrogen-bond acceptors (Lipinski definition) is 3. The Morgan fingerprint density at radius 2 is 1.27 bits per heavy atom. The molecule has 0 amide bonds. The van der Waals surface area contributed by atoms with Gasteiger partial charge in [-0.1, -0.05) is 36.4 Å². The Hall–Kier alpha value is -0.242. The van der Waals surface area contributed by atoms with E-state index in [0.717, 1.165) is 20.4 Å². The molecule has 0 saturated carbocycles. The van der Waals surface area contributed by atoms with Gasteiger partial charge in [0.1, 0.15) is 6.79 Å². The second-order valence-corrected chi connectivity index (χ2v) is 10.2. The predicted octanol–water partition coefficient (Wildman–Crippen LogP) is 5.29. The van der Waals surface area contributed by atoms with Gasteiger partial charge in [-0.2, -0.15) is 0 Å². The molecule has 142 valence electrons. The zero-order chi connectivity index (χ0) is 16.6. The van der Waals surface area contributed by atoms with E-state index in [1.165, 1.54) is 21.5 Å². The quantitative estimate of drug-likeness (QED) is 0.318. The monoisotopic (exact) mass is 464 g/mol. The van der Waals surface area contributed by atoms with E-state index in [4.69, 9.17) is 12.9 Å². The van der Waals surface area contributed by atoms with Crippen LogP contribution in [0, 0.1) is 7.43 Å². The van der Waals surface area contributed by atoms with Gasteiger partial charge in [-0.05, 0) is 19.6 Å². The molecule has 0 saturated heterocycles. The van der Waals surface area contributed by atoms with Crippen LogP contribution in [0.15, 0.2) is 54.6 Å². The summed E-state index contributed by atoms with van der Waals surface area (Å²) in [5.41, 5.74) is 0. The van der Waals surface area contributed by atoms with Crippen LogP contribution in [0.2, 0.25) is 19.6 Å². The summed E-state index contributed by atoms with van der Waals surface area (Å²) in [6.45, 7) is 5.96. The fourth-order valence-corrected chi connectivity index (χ4v) is 2.48. The molecule has 8 heteroatoms. The van der Waals surface area contributed by atoms with Crippen molar-refractivity contribution in [3.05, 3.63) is 62.0 Å². The molecule has 0 aliphatic rings. The van der Waals surface area contributed by atoms with Crippen LogP contribution in [0.4, 0.5) is 0 Å². The largest absolute Gasteiger partial charge is 0.126 e. The minimum atomic E-state index is -1.41. The molecule has 26 heavy (non-hydrogen) atoms. The second-order valence-electron chi connectivity index (χ2n) is 5.70. The molecule has 0 aliphatic carbocycles. The summed E-state index contributed by atoms with van der Waals surface area (Å²) in [6, 6.07) is 19.3. The molecule has 0 fully saturated rings. The third-order valence-corrected chi connectivity index (χ3v) is 4.02. The summed E-state index contributed by atoms with van der Waals surface area (Å²) >= 11 is 0.750. The molecule has 0 spiro atoms. The normalized spacial score (nSPS) is 9.00. The number of aliphatic hydroxyl groups is 1. The topological polar surface area (TPSA) is 46.5 Å². The van der Waals surface area contributed by atoms with Gasteiger partial charge in [0.15, 0.2) is 8.32 Å². The fourth-order valence-electron chi connectivity index (χ4n) is 2.10. The van der Waals surface area contributed by atoms with Gasteiger partial charge in [0.2, 0.25) is 0 Å². The summed E-state index contributed by atoms with van der Waals surface area (Å²) in [7, 11) is -1.41. The van der Waals surface area contributed by atoms with E-state index in [1.54, 1.807) is 0 Å². The summed E-state index contributed by atoms with van der Waals surface area (Å²) in [4.78, 5) is 0. The first kappa shape index (κ1) is 33.4. The van der Waals surface area contributed by atoms with Crippen molar-refractivity contribution in [3.8, 4) is 0 Å². The van der Waals surface area contributed by atoms with Crippen molar-refractivity contribution >= 4 is 65.6 Å². The Balaban J connectivity index is -0.000000166. The van der Waals surface area contributed by atoms with E-state index < -0.39 is 8.32 Å². The molecule has 4 radical (unpaired) electrons. The molecular weight excluding hydrogens is 439 g/mol. The van der Waals surface area contributed by atoms with Crippen molar-refractivity contribution in [2.75, 3.05) is 6.79 Å². The molecule has 1 N–H and O–H groups in total. The van der Waals surface area contributed by atoms with E-state index in [-0.39, 0.29) is 50.0 Å². The zero-order valence-electron chi connectivity index (χ0n) is 15.5. The Kier molecular flexibility index (Phi) is 21.7. The molecule has 3 rings (SSSR count). The van der Waals surface area contributed by atoms with Crippen LogP contribution in [0.25, 0.3) is 21.5 Å². The van der Waals surface area contributed by atoms with E-state index in [1.807, 2.05) is 19.6 Å². The number of hydrogen-bond donors (Lipinski definition) is 1. The number of rotatable bonds is 2. The molecule has 0 bridgehead atoms. The summed E-state index contributed by atoms with van der Waals surface area (Å²) < 4.78 is 13.2. The van der Waals surface area contributed by atoms with Gasteiger partial charge in [0.05, 0.1) is 0 Å². The average molecular weight is 465 g/mol. The SMILES string of the molecule is C[Si](C)(C)OCO.Cl.Cl.[CH3-].[O]=[Ti+2].[Si].c1ccc2c(c1)[cH-]c1ccccc12. The van der Waals surface area contributed by atoms with Crippen molar-refractivity contribution in [3.63, 3.8) is 0 Å². The molecule has 0 atom stereocenters. The van der Waals surface area contributed by atoms with Crippen LogP contribution < -0.4 is 0 Å². The number of fused-ring (bicyclic) bond motifs is 3. The van der Waals surface area contributed by atoms with Crippen LogP contribution >= 0.6 is 24.8 Å². The molecular formula is C18H26Cl2O3Si2Ti. The van der Waals surface area contributed by atoms with E-state index in [2.05, 4.69) is 54.6 Å². The third-order valence-electron chi connectivity index (χ3n) is 3.02. The summed E-state index contributed by atoms with van der Waals surface area (Å²) in [5, 5.41) is 13.6. The van der Waals surface area contributed by atoms with Crippen LogP contribution in [-0.4, -0.2) is 31.2 Å². The summed E-state index contributed by atoms with van der Waals surface area (Å²) in [5.74, 6) is 0. The first-order chi connectivity index (χ1) is 10.5. The maximum absolute atomic E-state index is 8.25. The maximum atomic E-state index is 8.25. The van der Waals surface area contributed by atoms with E-state index >= 15 is 0 Å². The number of aliphatic hydroxyl groups excluding tert-OH is 1. The Labute approximate surface area is 186 Å². The number of benzene rings is 2. The van der Waals surface area contributed by atoms with Crippen molar-refractivity contribution in [2.24, 2.45) is 0 Å². The van der Waals surface area contributed by atoms with Crippen molar-refractivity contribution < 1.29 is 33.3 Å². The van der Waals surface area contributed by atoms with Crippen molar-refractivity contribution in [1.82, 2.24) is 0 Å². The van der Waals surface area contributed by atoms with Gasteiger partial charge >= 0.3 is 23.7 Å². The fraction of sp³-hybridized carbons (Fsp3) is 0.222. The molecule has 3 aromatic rings. The molecule has 0 aromatic heterocycles. The molecule has 0 heterocycles. The molecule has 3 nitrogen and oxygen atoms in total. The van der Waals surface area contributed by atoms with Crippen LogP contribution in [-0.2, 0) is 28.2 Å². The van der Waals surface area contributed by atoms with E-state index in [9.17, 15) is 0 Å². The Morgan fingerprint density at radius 3 is 1.54 bits per heavy atom. The van der Waals surface area contributed by atoms with Crippen LogP contribution in [0.3, 0.4) is 0 Å². The average Bonchev–Trinajstić information content (AvgIpc) is 2.87. The predicted molar refractivity (Wildman–Crippen MR) is 116 cm³/mol. The molecule has 0 aliphatic heterocycles. The van der Waals surface area contributed by atoms with Crippen molar-refractivity contribution in [1.29, 1.82) is 0 Å². The van der Waals surface area contributed by atoms with Gasteiger partial charge < -0.3 is 17.0 Å². The third kappa shape index (κ3) is 10.8. The molecule has 0 unspecified atom stereocenters. The van der Waals surface area contributed by atoms with Gasteiger partial charge in [-0.3, -0.25) is 0 Å². The van der Waals surface area contributed by atoms with Crippen LogP contribution in [0.1, 0.15) is 0 Å². The van der Waals surface area contributed by atoms with Crippen molar-refractivity contribution in [2.45, 2.75) is 19.6 Å². The Bertz CT molecular complexity index is 668. The van der Waals surface area contributed by atoms with Gasteiger partial charge in [0, 0.05) is 11.0 Å². The second kappa shape index (κ2) is 16.9. The minimum absolute atomic E-state index is 0. The van der Waals surface area contributed by atoms with Gasteiger partial charge in [-0.15, -0.1) is 64.6 Å². The first-order valence-electron chi connectivity index (χ1n) is 7.00. The van der Waals surface area contributed by atoms with Crippen LogP contribution in [0.5, 0.6) is 0 Å². The zero-order valence-corrected chi connectivity index (χ0v) is 20.7. The van der Waals surface area contributed by atoms with E-state index in [0.29, 0.717) is 0 Å². The maximum Gasteiger partial charge on any atom is 0 e. The van der Waals surface area contributed by atoms with Gasteiger partial charge in [-0.25, -0.2) is 0 Å². The molecule has 3 aromatic carbocycles. The minimum Gasteiger partial charge on any atom is -0.126 e. The smallest absolute Gasteiger partial charge is 0 e. The Morgan fingerprint density at radius 1 is 0.923 bits per heavy atom. The van der Waals surface area contributed by atoms with Gasteiger partial charge in [0.25, 0.3) is 0 Å². The standard InChI is InChI=1S/C13H9.C4H12O2Si.CH3.2ClH.O.Si.Ti/c1-3-7-12-10(5-1)9-11-6-2-4-8-13(11)12;1-7(2,3)6-4-5;;;;;;/h1-9H;5H,4H2,1-3H3;1H3;2*1H;;;/q-1;;-1;;;;;+2. The summed E-state index contributed by atoms with van der Waals surface area (Å²) in [6.07, 6.45) is 0. The first-order valence-corrected chi connectivity index (χ1v) is 11.0.